The summed E-state index contributed by atoms with van der Waals surface area (Å²) >= 11 is 0. The van der Waals surface area contributed by atoms with E-state index in [0.29, 0.717) is 5.56 Å². The molecule has 1 aromatic rings. The van der Waals surface area contributed by atoms with Gasteiger partial charge in [0.15, 0.2) is 0 Å². The fraction of sp³-hybridized carbons (Fsp3) is 0.357. The van der Waals surface area contributed by atoms with Gasteiger partial charge in [0.2, 0.25) is 0 Å². The Kier molecular flexibility index (Phi) is 4.20. The molecule has 106 valence electrons. The van der Waals surface area contributed by atoms with Crippen LogP contribution >= 0.6 is 0 Å². The third-order valence-electron chi connectivity index (χ3n) is 2.16. The molecular formula is C14H16N2O4. The Hall–Kier alpha value is -2.55. The highest BCUT2D eigenvalue weighted by molar-refractivity contribution is 5.93. The van der Waals surface area contributed by atoms with Crippen molar-refractivity contribution in [3.63, 3.8) is 0 Å². The van der Waals surface area contributed by atoms with E-state index in [-0.39, 0.29) is 12.6 Å². The number of anilines is 1. The summed E-state index contributed by atoms with van der Waals surface area (Å²) in [7, 11) is 0. The smallest absolute Gasteiger partial charge is 0.415 e. The Bertz CT molecular complexity index is 581. The Balaban J connectivity index is 3.08. The minimum Gasteiger partial charge on any atom is -0.480 e. The quantitative estimate of drug-likeness (QED) is 0.916. The van der Waals surface area contributed by atoms with Gasteiger partial charge in [0.05, 0.1) is 11.6 Å². The van der Waals surface area contributed by atoms with E-state index in [1.54, 1.807) is 26.0 Å². The summed E-state index contributed by atoms with van der Waals surface area (Å²) in [6.07, 6.45) is -0.871. The minimum atomic E-state index is -1.21. The monoisotopic (exact) mass is 277 g/mol. The van der Waals surface area contributed by atoms with Crippen LogP contribution in [0.3, 0.4) is 0 Å². The molecule has 1 amide bonds. The van der Waals surface area contributed by atoms with Crippen molar-refractivity contribution in [3.8, 4) is 6.07 Å². The maximum Gasteiger partial charge on any atom is 0.415 e. The van der Waals surface area contributed by atoms with Crippen LogP contribution in [-0.2, 0) is 9.53 Å². The lowest BCUT2D eigenvalue weighted by Gasteiger charge is -2.26. The zero-order chi connectivity index (χ0) is 16.0. The van der Waals surface area contributed by atoms with Crippen LogP contribution in [-0.4, -0.2) is 29.3 Å². The van der Waals surface area contributed by atoms with Crippen LogP contribution in [0.5, 0.6) is 0 Å². The molecule has 0 saturated carbocycles. The summed E-state index contributed by atoms with van der Waals surface area (Å²) in [5.41, 5.74) is -0.474. The van der Waals surface area contributed by atoms with E-state index in [1.807, 2.05) is 6.07 Å². The lowest BCUT2D eigenvalue weighted by Crippen LogP contribution is -2.40. The molecule has 0 saturated heterocycles. The van der Waals surface area contributed by atoms with Crippen LogP contribution in [0.1, 0.15) is 27.7 Å². The fourth-order valence-corrected chi connectivity index (χ4v) is 1.43. The van der Waals surface area contributed by atoms with E-state index >= 15 is 0 Å². The second kappa shape index (κ2) is 6.06. The van der Waals surface area contributed by atoms with Gasteiger partial charge >= 0.3 is 12.1 Å². The van der Waals surface area contributed by atoms with E-state index in [9.17, 15) is 9.59 Å². The molecular weight excluding hydrogens is 260 g/mol. The number of aliphatic carboxylic acids is 1. The average Bonchev–Trinajstić information content (AvgIpc) is 2.44. The maximum absolute atomic E-state index is 12.1. The van der Waals surface area contributed by atoms with Crippen LogP contribution in [0.25, 0.3) is 0 Å². The first-order chi connectivity index (χ1) is 9.79. The number of carboxylic acid groups (broad SMARTS) is 1. The summed E-state index contributed by atoms with van der Waals surface area (Å²) in [4.78, 5) is 24.0. The molecule has 20 heavy (non-hydrogen) atoms. The molecule has 1 N–H and O–H groups in total. The van der Waals surface area contributed by atoms with Gasteiger partial charge in [0, 0.05) is 7.06 Å². The molecule has 0 aliphatic rings. The number of carboxylic acids is 1. The highest BCUT2D eigenvalue weighted by Crippen LogP contribution is 2.19. The summed E-state index contributed by atoms with van der Waals surface area (Å²) in [6.45, 7) is 2.37. The Labute approximate surface area is 118 Å². The first kappa shape index (κ1) is 13.9. The largest absolute Gasteiger partial charge is 0.480 e. The molecule has 0 unspecified atom stereocenters. The number of benzene rings is 1. The standard InChI is InChI=1S/C14H16N2O4/c1-14(2,3)20-13(19)16(9-12(17)18)11-6-4-5-10(7-11)8-15/h4-7H,9H2,1-3H3,(H,17,18)/i1D. The summed E-state index contributed by atoms with van der Waals surface area (Å²) in [5.74, 6) is -1.21. The summed E-state index contributed by atoms with van der Waals surface area (Å²) < 4.78 is 12.4. The van der Waals surface area contributed by atoms with E-state index in [0.717, 1.165) is 4.90 Å². The topological polar surface area (TPSA) is 90.6 Å². The van der Waals surface area contributed by atoms with Gasteiger partial charge in [-0.1, -0.05) is 6.07 Å². The SMILES string of the molecule is [2H]CC(C)(C)OC(=O)N(CC(=O)O)c1cccc(C#N)c1. The first-order valence-electron chi connectivity index (χ1n) is 6.51. The molecule has 0 aliphatic heterocycles. The Morgan fingerprint density at radius 1 is 1.55 bits per heavy atom. The maximum atomic E-state index is 12.1. The fourth-order valence-electron chi connectivity index (χ4n) is 1.43. The molecule has 0 bridgehead atoms. The van der Waals surface area contributed by atoms with E-state index in [2.05, 4.69) is 0 Å². The second-order valence-corrected chi connectivity index (χ2v) is 4.77. The molecule has 6 nitrogen and oxygen atoms in total. The lowest BCUT2D eigenvalue weighted by atomic mass is 10.2. The van der Waals surface area contributed by atoms with Crippen LogP contribution < -0.4 is 4.90 Å². The van der Waals surface area contributed by atoms with Crippen molar-refractivity contribution in [2.75, 3.05) is 11.4 Å². The number of carbonyl (C=O) groups is 2. The normalized spacial score (nSPS) is 11.2. The molecule has 0 fully saturated rings. The van der Waals surface area contributed by atoms with E-state index < -0.39 is 24.2 Å². The summed E-state index contributed by atoms with van der Waals surface area (Å²) in [6, 6.07) is 7.92. The number of carbonyl (C=O) groups excluding carboxylic acids is 1. The van der Waals surface area contributed by atoms with Crippen molar-refractivity contribution in [3.05, 3.63) is 29.8 Å². The van der Waals surface area contributed by atoms with Crippen LogP contribution in [0.2, 0.25) is 0 Å². The van der Waals surface area contributed by atoms with Gasteiger partial charge in [-0.25, -0.2) is 4.79 Å². The molecule has 0 spiro atoms. The molecule has 6 heteroatoms. The zero-order valence-electron chi connectivity index (χ0n) is 12.3. The van der Waals surface area contributed by atoms with Gasteiger partial charge in [0.1, 0.15) is 12.1 Å². The third kappa shape index (κ3) is 4.61. The Morgan fingerprint density at radius 3 is 2.80 bits per heavy atom. The van der Waals surface area contributed by atoms with Gasteiger partial charge in [-0.3, -0.25) is 9.69 Å². The highest BCUT2D eigenvalue weighted by atomic mass is 16.6. The highest BCUT2D eigenvalue weighted by Gasteiger charge is 2.25. The van der Waals surface area contributed by atoms with Gasteiger partial charge < -0.3 is 9.84 Å². The van der Waals surface area contributed by atoms with E-state index in [4.69, 9.17) is 16.5 Å². The van der Waals surface area contributed by atoms with Crippen LogP contribution in [0.4, 0.5) is 10.5 Å². The number of ether oxygens (including phenoxy) is 1. The molecule has 1 rings (SSSR count). The van der Waals surface area contributed by atoms with Gasteiger partial charge in [-0.05, 0) is 38.9 Å². The third-order valence-corrected chi connectivity index (χ3v) is 2.16. The van der Waals surface area contributed by atoms with Gasteiger partial charge in [-0.15, -0.1) is 0 Å². The summed E-state index contributed by atoms with van der Waals surface area (Å²) in [5, 5.41) is 17.8. The van der Waals surface area contributed by atoms with Crippen LogP contribution in [0.15, 0.2) is 24.3 Å². The number of nitriles is 1. The molecule has 0 atom stereocenters. The molecule has 0 heterocycles. The number of amides is 1. The van der Waals surface area contributed by atoms with Gasteiger partial charge in [0.25, 0.3) is 0 Å². The molecule has 0 aliphatic carbocycles. The van der Waals surface area contributed by atoms with Gasteiger partial charge in [-0.2, -0.15) is 5.26 Å². The van der Waals surface area contributed by atoms with E-state index in [1.165, 1.54) is 12.1 Å². The number of nitrogens with zero attached hydrogens (tertiary/aromatic N) is 2. The predicted molar refractivity (Wildman–Crippen MR) is 72.4 cm³/mol. The first-order valence-corrected chi connectivity index (χ1v) is 5.81. The number of rotatable bonds is 3. The van der Waals surface area contributed by atoms with Crippen molar-refractivity contribution in [2.24, 2.45) is 0 Å². The number of hydrogen-bond donors (Lipinski definition) is 1. The number of hydrogen-bond acceptors (Lipinski definition) is 4. The van der Waals surface area contributed by atoms with Crippen LogP contribution in [0, 0.1) is 11.3 Å². The zero-order valence-corrected chi connectivity index (χ0v) is 11.3. The lowest BCUT2D eigenvalue weighted by molar-refractivity contribution is -0.135. The van der Waals surface area contributed by atoms with Crippen molar-refractivity contribution >= 4 is 17.7 Å². The second-order valence-electron chi connectivity index (χ2n) is 4.77. The average molecular weight is 277 g/mol. The molecule has 1 aromatic carbocycles. The predicted octanol–water partition coefficient (Wildman–Crippen LogP) is 2.38. The minimum absolute atomic E-state index is 0.155. The molecule has 0 aromatic heterocycles. The van der Waals surface area contributed by atoms with Crippen molar-refractivity contribution in [2.45, 2.75) is 26.3 Å². The van der Waals surface area contributed by atoms with Crippen molar-refractivity contribution < 1.29 is 20.8 Å². The molecule has 0 radical (unpaired) electrons. The Morgan fingerprint density at radius 2 is 2.25 bits per heavy atom. The van der Waals surface area contributed by atoms with Crippen molar-refractivity contribution in [1.29, 1.82) is 5.26 Å². The van der Waals surface area contributed by atoms with Crippen molar-refractivity contribution in [1.82, 2.24) is 0 Å².